The van der Waals surface area contributed by atoms with Crippen LogP contribution in [0.4, 0.5) is 11.4 Å². The van der Waals surface area contributed by atoms with E-state index in [1.165, 1.54) is 31.4 Å². The second-order valence-electron chi connectivity index (χ2n) is 4.21. The molecule has 0 unspecified atom stereocenters. The molecule has 22 heavy (non-hydrogen) atoms. The highest BCUT2D eigenvalue weighted by atomic mass is 32.2. The van der Waals surface area contributed by atoms with Crippen LogP contribution in [0.25, 0.3) is 0 Å². The number of nitrogens with zero attached hydrogens (tertiary/aromatic N) is 2. The van der Waals surface area contributed by atoms with Gasteiger partial charge in [0.1, 0.15) is 17.2 Å². The molecule has 0 aliphatic heterocycles. The molecule has 0 aliphatic rings. The molecular weight excluding hydrogens is 308 g/mol. The third-order valence-electron chi connectivity index (χ3n) is 2.79. The molecule has 0 radical (unpaired) electrons. The molecule has 8 heteroatoms. The summed E-state index contributed by atoms with van der Waals surface area (Å²) < 4.78 is 41.1. The van der Waals surface area contributed by atoms with Crippen LogP contribution in [0.3, 0.4) is 0 Å². The zero-order valence-corrected chi connectivity index (χ0v) is 12.7. The minimum atomic E-state index is -4.21. The van der Waals surface area contributed by atoms with Crippen LogP contribution in [0.2, 0.25) is 0 Å². The van der Waals surface area contributed by atoms with Crippen LogP contribution in [-0.2, 0) is 10.1 Å². The van der Waals surface area contributed by atoms with E-state index in [-0.39, 0.29) is 4.90 Å². The van der Waals surface area contributed by atoms with Crippen molar-refractivity contribution in [3.05, 3.63) is 42.5 Å². The zero-order chi connectivity index (χ0) is 16.2. The molecule has 0 amide bonds. The van der Waals surface area contributed by atoms with E-state index in [4.69, 9.17) is 14.0 Å². The molecule has 0 heterocycles. The summed E-state index contributed by atoms with van der Waals surface area (Å²) in [5, 5.41) is 8.04. The smallest absolute Gasteiger partial charge is 0.294 e. The molecule has 0 saturated carbocycles. The normalized spacial score (nSPS) is 11.6. The van der Waals surface area contributed by atoms with Gasteiger partial charge in [0.15, 0.2) is 0 Å². The third-order valence-corrected chi connectivity index (χ3v) is 3.66. The minimum Gasteiger partial charge on any atom is -0.497 e. The molecule has 0 spiro atoms. The largest absolute Gasteiger partial charge is 0.497 e. The maximum Gasteiger partial charge on any atom is 0.294 e. The molecule has 2 rings (SSSR count). The van der Waals surface area contributed by atoms with E-state index in [9.17, 15) is 8.42 Å². The standard InChI is InChI=1S/C14H14N2O5S/c1-20-11-5-8-13(14(9-11)21-2)16-15-10-3-6-12(7-4-10)22(17,18)19/h3-9H,1-2H3,(H,17,18,19)/b16-15+. The van der Waals surface area contributed by atoms with Crippen molar-refractivity contribution < 1.29 is 22.4 Å². The summed E-state index contributed by atoms with van der Waals surface area (Å²) in [7, 11) is -1.15. The second-order valence-corrected chi connectivity index (χ2v) is 5.63. The summed E-state index contributed by atoms with van der Waals surface area (Å²) in [6.45, 7) is 0. The van der Waals surface area contributed by atoms with Gasteiger partial charge in [-0.25, -0.2) is 0 Å². The third kappa shape index (κ3) is 3.80. The lowest BCUT2D eigenvalue weighted by Gasteiger charge is -2.05. The number of ether oxygens (including phenoxy) is 2. The van der Waals surface area contributed by atoms with Gasteiger partial charge < -0.3 is 9.47 Å². The van der Waals surface area contributed by atoms with E-state index in [0.29, 0.717) is 22.9 Å². The fourth-order valence-corrected chi connectivity index (χ4v) is 2.14. The number of rotatable bonds is 5. The van der Waals surface area contributed by atoms with Crippen molar-refractivity contribution in [2.45, 2.75) is 4.90 Å². The maximum atomic E-state index is 10.9. The van der Waals surface area contributed by atoms with Crippen molar-refractivity contribution in [1.29, 1.82) is 0 Å². The van der Waals surface area contributed by atoms with Gasteiger partial charge in [-0.05, 0) is 36.4 Å². The zero-order valence-electron chi connectivity index (χ0n) is 11.9. The summed E-state index contributed by atoms with van der Waals surface area (Å²) in [5.41, 5.74) is 0.937. The Morgan fingerprint density at radius 3 is 2.18 bits per heavy atom. The average molecular weight is 322 g/mol. The molecule has 2 aromatic rings. The molecule has 2 aromatic carbocycles. The van der Waals surface area contributed by atoms with Gasteiger partial charge in [-0.3, -0.25) is 4.55 Å². The van der Waals surface area contributed by atoms with Crippen LogP contribution in [0.1, 0.15) is 0 Å². The van der Waals surface area contributed by atoms with E-state index in [1.807, 2.05) is 0 Å². The highest BCUT2D eigenvalue weighted by molar-refractivity contribution is 7.85. The van der Waals surface area contributed by atoms with Crippen molar-refractivity contribution in [3.63, 3.8) is 0 Å². The highest BCUT2D eigenvalue weighted by Crippen LogP contribution is 2.32. The Bertz CT molecular complexity index is 785. The SMILES string of the molecule is COc1ccc(/N=N/c2ccc(S(=O)(=O)O)cc2)c(OC)c1. The van der Waals surface area contributed by atoms with Gasteiger partial charge in [0.05, 0.1) is 24.8 Å². The first-order valence-electron chi connectivity index (χ1n) is 6.15. The second kappa shape index (κ2) is 6.54. The first-order chi connectivity index (χ1) is 10.4. The van der Waals surface area contributed by atoms with Gasteiger partial charge in [-0.1, -0.05) is 0 Å². The average Bonchev–Trinajstić information content (AvgIpc) is 2.52. The predicted octanol–water partition coefficient (Wildman–Crippen LogP) is 3.37. The van der Waals surface area contributed by atoms with Crippen molar-refractivity contribution in [2.24, 2.45) is 10.2 Å². The van der Waals surface area contributed by atoms with Crippen LogP contribution in [0, 0.1) is 0 Å². The molecule has 7 nitrogen and oxygen atoms in total. The van der Waals surface area contributed by atoms with Crippen LogP contribution in [0.15, 0.2) is 57.6 Å². The van der Waals surface area contributed by atoms with Gasteiger partial charge in [-0.15, -0.1) is 5.11 Å². The summed E-state index contributed by atoms with van der Waals surface area (Å²) >= 11 is 0. The first kappa shape index (κ1) is 15.9. The predicted molar refractivity (Wildman–Crippen MR) is 80.0 cm³/mol. The number of hydrogen-bond acceptors (Lipinski definition) is 6. The van der Waals surface area contributed by atoms with Crippen LogP contribution < -0.4 is 9.47 Å². The summed E-state index contributed by atoms with van der Waals surface area (Å²) in [6, 6.07) is 10.4. The Hall–Kier alpha value is -2.45. The van der Waals surface area contributed by atoms with Crippen molar-refractivity contribution in [1.82, 2.24) is 0 Å². The van der Waals surface area contributed by atoms with Gasteiger partial charge >= 0.3 is 0 Å². The number of azo groups is 1. The van der Waals surface area contributed by atoms with Crippen LogP contribution in [-0.4, -0.2) is 27.2 Å². The van der Waals surface area contributed by atoms with E-state index >= 15 is 0 Å². The Morgan fingerprint density at radius 2 is 1.64 bits per heavy atom. The number of benzene rings is 2. The maximum absolute atomic E-state index is 10.9. The van der Waals surface area contributed by atoms with E-state index in [0.717, 1.165) is 0 Å². The number of hydrogen-bond donors (Lipinski definition) is 1. The topological polar surface area (TPSA) is 97.6 Å². The Labute approximate surface area is 128 Å². The van der Waals surface area contributed by atoms with Crippen molar-refractivity contribution in [2.75, 3.05) is 14.2 Å². The minimum absolute atomic E-state index is 0.200. The molecule has 0 atom stereocenters. The molecular formula is C14H14N2O5S. The molecule has 0 bridgehead atoms. The molecule has 0 fully saturated rings. The van der Waals surface area contributed by atoms with Crippen molar-refractivity contribution in [3.8, 4) is 11.5 Å². The highest BCUT2D eigenvalue weighted by Gasteiger charge is 2.08. The fraction of sp³-hybridized carbons (Fsp3) is 0.143. The molecule has 1 N–H and O–H groups in total. The fourth-order valence-electron chi connectivity index (χ4n) is 1.66. The van der Waals surface area contributed by atoms with Crippen LogP contribution >= 0.6 is 0 Å². The Morgan fingerprint density at radius 1 is 0.955 bits per heavy atom. The van der Waals surface area contributed by atoms with E-state index in [2.05, 4.69) is 10.2 Å². The van der Waals surface area contributed by atoms with E-state index < -0.39 is 10.1 Å². The van der Waals surface area contributed by atoms with Gasteiger partial charge in [-0.2, -0.15) is 13.5 Å². The van der Waals surface area contributed by atoms with Gasteiger partial charge in [0.25, 0.3) is 10.1 Å². The van der Waals surface area contributed by atoms with Crippen molar-refractivity contribution >= 4 is 21.5 Å². The first-order valence-corrected chi connectivity index (χ1v) is 7.59. The van der Waals surface area contributed by atoms with Crippen LogP contribution in [0.5, 0.6) is 11.5 Å². The lowest BCUT2D eigenvalue weighted by Crippen LogP contribution is -1.96. The Kier molecular flexibility index (Phi) is 4.74. The lowest BCUT2D eigenvalue weighted by molar-refractivity contribution is 0.395. The summed E-state index contributed by atoms with van der Waals surface area (Å²) in [4.78, 5) is -0.200. The lowest BCUT2D eigenvalue weighted by atomic mass is 10.3. The monoisotopic (exact) mass is 322 g/mol. The summed E-state index contributed by atoms with van der Waals surface area (Å²) in [5.74, 6) is 1.13. The molecule has 116 valence electrons. The molecule has 0 saturated heterocycles. The molecule has 0 aliphatic carbocycles. The quantitative estimate of drug-likeness (QED) is 0.672. The molecule has 0 aromatic heterocycles. The van der Waals surface area contributed by atoms with Gasteiger partial charge in [0.2, 0.25) is 0 Å². The van der Waals surface area contributed by atoms with Gasteiger partial charge in [0, 0.05) is 6.07 Å². The Balaban J connectivity index is 2.25. The van der Waals surface area contributed by atoms with E-state index in [1.54, 1.807) is 25.3 Å². The summed E-state index contributed by atoms with van der Waals surface area (Å²) in [6.07, 6.45) is 0. The number of methoxy groups -OCH3 is 2.